The minimum absolute atomic E-state index is 0.253. The molecule has 0 amide bonds. The van der Waals surface area contributed by atoms with E-state index in [0.29, 0.717) is 17.8 Å². The van der Waals surface area contributed by atoms with Crippen molar-refractivity contribution in [3.05, 3.63) is 59.7 Å². The van der Waals surface area contributed by atoms with Crippen LogP contribution in [0.2, 0.25) is 0 Å². The van der Waals surface area contributed by atoms with Gasteiger partial charge in [-0.05, 0) is 49.1 Å². The number of aromatic nitrogens is 2. The van der Waals surface area contributed by atoms with Crippen molar-refractivity contribution < 1.29 is 0 Å². The first-order valence-electron chi connectivity index (χ1n) is 11.0. The Morgan fingerprint density at radius 2 is 1.97 bits per heavy atom. The maximum absolute atomic E-state index is 5.76. The van der Waals surface area contributed by atoms with Gasteiger partial charge in [0.05, 0.1) is 6.20 Å². The first kappa shape index (κ1) is 20.5. The molecule has 1 aromatic carbocycles. The molecule has 0 saturated carbocycles. The van der Waals surface area contributed by atoms with E-state index in [9.17, 15) is 0 Å². The van der Waals surface area contributed by atoms with E-state index in [2.05, 4.69) is 75.7 Å². The van der Waals surface area contributed by atoms with Crippen molar-refractivity contribution in [1.82, 2.24) is 9.97 Å². The second kappa shape index (κ2) is 7.78. The number of rotatable bonds is 4. The lowest BCUT2D eigenvalue weighted by Gasteiger charge is -2.45. The van der Waals surface area contributed by atoms with Crippen molar-refractivity contribution in [2.45, 2.75) is 53.1 Å². The Kier molecular flexibility index (Phi) is 5.31. The molecule has 30 heavy (non-hydrogen) atoms. The Balaban J connectivity index is 1.88. The Labute approximate surface area is 180 Å². The minimum Gasteiger partial charge on any atom is -0.405 e. The van der Waals surface area contributed by atoms with Crippen LogP contribution in [-0.2, 0) is 0 Å². The van der Waals surface area contributed by atoms with Gasteiger partial charge >= 0.3 is 0 Å². The number of nitrogens with zero attached hydrogens (tertiary/aromatic N) is 4. The lowest BCUT2D eigenvalue weighted by atomic mass is 9.79. The van der Waals surface area contributed by atoms with E-state index >= 15 is 0 Å². The van der Waals surface area contributed by atoms with E-state index in [1.165, 1.54) is 16.8 Å². The van der Waals surface area contributed by atoms with Gasteiger partial charge in [-0.3, -0.25) is 0 Å². The molecule has 2 aliphatic rings. The number of para-hydroxylation sites is 1. The van der Waals surface area contributed by atoms with Crippen molar-refractivity contribution in [2.24, 2.45) is 17.6 Å². The molecule has 3 heterocycles. The summed E-state index contributed by atoms with van der Waals surface area (Å²) in [6.07, 6.45) is 6.86. The summed E-state index contributed by atoms with van der Waals surface area (Å²) in [5.41, 5.74) is 11.8. The summed E-state index contributed by atoms with van der Waals surface area (Å²) < 4.78 is 0. The zero-order valence-corrected chi connectivity index (χ0v) is 18.9. The van der Waals surface area contributed by atoms with E-state index in [-0.39, 0.29) is 6.17 Å². The summed E-state index contributed by atoms with van der Waals surface area (Å²) in [4.78, 5) is 14.6. The van der Waals surface area contributed by atoms with Crippen LogP contribution in [0.1, 0.15) is 58.3 Å². The van der Waals surface area contributed by atoms with Crippen molar-refractivity contribution >= 4 is 22.8 Å². The molecule has 2 aromatic rings. The van der Waals surface area contributed by atoms with Gasteiger partial charge in [-0.25, -0.2) is 9.97 Å². The van der Waals surface area contributed by atoms with Gasteiger partial charge in [0.1, 0.15) is 11.9 Å². The zero-order valence-electron chi connectivity index (χ0n) is 18.9. The van der Waals surface area contributed by atoms with E-state index in [4.69, 9.17) is 15.7 Å². The molecule has 0 saturated heterocycles. The number of anilines is 3. The van der Waals surface area contributed by atoms with Crippen LogP contribution >= 0.6 is 0 Å². The lowest BCUT2D eigenvalue weighted by Crippen LogP contribution is -2.49. The number of nitrogens with two attached hydrogens (primary N) is 1. The smallest absolute Gasteiger partial charge is 0.161 e. The number of hydrogen-bond acceptors (Lipinski definition) is 5. The average Bonchev–Trinajstić information content (AvgIpc) is 3.04. The Hall–Kier alpha value is -2.82. The summed E-state index contributed by atoms with van der Waals surface area (Å²) in [7, 11) is 2.17. The van der Waals surface area contributed by atoms with Gasteiger partial charge in [0, 0.05) is 24.2 Å². The second-order valence-corrected chi connectivity index (χ2v) is 8.83. The van der Waals surface area contributed by atoms with Crippen LogP contribution in [0.4, 0.5) is 17.2 Å². The normalized spacial score (nSPS) is 23.5. The molecule has 4 rings (SSSR count). The minimum atomic E-state index is 0.253. The maximum Gasteiger partial charge on any atom is 0.161 e. The Morgan fingerprint density at radius 3 is 2.63 bits per heavy atom. The molecule has 1 aromatic heterocycles. The molecule has 5 heteroatoms. The molecule has 0 spiro atoms. The number of hydrogen-bond donors (Lipinski definition) is 1. The molecule has 2 N–H and O–H groups in total. The molecule has 0 bridgehead atoms. The summed E-state index contributed by atoms with van der Waals surface area (Å²) in [5, 5.41) is 0. The van der Waals surface area contributed by atoms with Crippen molar-refractivity contribution in [3.8, 4) is 0 Å². The van der Waals surface area contributed by atoms with Crippen LogP contribution < -0.4 is 15.5 Å². The SMILES string of the molecule is CCC1C2N(C)c3nc(C(/C=C\N)=C(\C)C(C)C)ncc3N2c2ccccc2[C@H]1C. The van der Waals surface area contributed by atoms with Crippen molar-refractivity contribution in [1.29, 1.82) is 0 Å². The van der Waals surface area contributed by atoms with Crippen LogP contribution in [0, 0.1) is 11.8 Å². The highest BCUT2D eigenvalue weighted by Gasteiger charge is 2.47. The second-order valence-electron chi connectivity index (χ2n) is 8.83. The highest BCUT2D eigenvalue weighted by Crippen LogP contribution is 2.53. The monoisotopic (exact) mass is 403 g/mol. The van der Waals surface area contributed by atoms with Gasteiger partial charge in [-0.15, -0.1) is 0 Å². The van der Waals surface area contributed by atoms with Crippen LogP contribution in [0.5, 0.6) is 0 Å². The molecule has 0 radical (unpaired) electrons. The lowest BCUT2D eigenvalue weighted by molar-refractivity contribution is 0.339. The fourth-order valence-electron chi connectivity index (χ4n) is 5.05. The summed E-state index contributed by atoms with van der Waals surface area (Å²) in [6, 6.07) is 8.77. The Bertz CT molecular complexity index is 1010. The van der Waals surface area contributed by atoms with Gasteiger partial charge in [0.25, 0.3) is 0 Å². The zero-order chi connectivity index (χ0) is 21.6. The van der Waals surface area contributed by atoms with Crippen LogP contribution in [0.25, 0.3) is 5.57 Å². The molecular weight excluding hydrogens is 370 g/mol. The molecule has 0 fully saturated rings. The standard InChI is InChI=1S/C25H33N5/c1-7-18-17(5)19-10-8-9-11-21(19)30-22-14-27-23(28-24(22)29(6)25(18)30)20(12-13-26)16(4)15(2)3/h8-15,17-18,25H,7,26H2,1-6H3/b13-12-,20-16+/t17-,18?,25?/m0/s1. The van der Waals surface area contributed by atoms with E-state index in [1.807, 2.05) is 12.3 Å². The predicted molar refractivity (Wildman–Crippen MR) is 126 cm³/mol. The van der Waals surface area contributed by atoms with Gasteiger partial charge in [-0.1, -0.05) is 51.5 Å². The molecule has 0 aliphatic carbocycles. The quantitative estimate of drug-likeness (QED) is 0.689. The molecule has 2 aliphatic heterocycles. The van der Waals surface area contributed by atoms with Crippen molar-refractivity contribution in [3.63, 3.8) is 0 Å². The van der Waals surface area contributed by atoms with E-state index in [1.54, 1.807) is 6.20 Å². The van der Waals surface area contributed by atoms with Crippen LogP contribution in [0.15, 0.2) is 48.3 Å². The van der Waals surface area contributed by atoms with Gasteiger partial charge in [-0.2, -0.15) is 0 Å². The summed E-state index contributed by atoms with van der Waals surface area (Å²) in [5.74, 6) is 3.14. The van der Waals surface area contributed by atoms with E-state index in [0.717, 1.165) is 29.3 Å². The van der Waals surface area contributed by atoms with E-state index < -0.39 is 0 Å². The van der Waals surface area contributed by atoms with Gasteiger partial charge in [0.15, 0.2) is 11.6 Å². The van der Waals surface area contributed by atoms with Crippen LogP contribution in [-0.4, -0.2) is 23.2 Å². The maximum atomic E-state index is 5.76. The highest BCUT2D eigenvalue weighted by molar-refractivity contribution is 5.84. The third kappa shape index (κ3) is 2.99. The van der Waals surface area contributed by atoms with Crippen molar-refractivity contribution in [2.75, 3.05) is 16.8 Å². The Morgan fingerprint density at radius 1 is 1.23 bits per heavy atom. The fourth-order valence-corrected chi connectivity index (χ4v) is 5.05. The first-order valence-corrected chi connectivity index (χ1v) is 11.0. The largest absolute Gasteiger partial charge is 0.405 e. The topological polar surface area (TPSA) is 58.3 Å². The summed E-state index contributed by atoms with van der Waals surface area (Å²) >= 11 is 0. The first-order chi connectivity index (χ1) is 14.4. The molecular formula is C25H33N5. The third-order valence-corrected chi connectivity index (χ3v) is 6.98. The molecule has 158 valence electrons. The predicted octanol–water partition coefficient (Wildman–Crippen LogP) is 5.44. The highest BCUT2D eigenvalue weighted by atomic mass is 15.4. The van der Waals surface area contributed by atoms with Gasteiger partial charge < -0.3 is 15.5 Å². The molecule has 2 unspecified atom stereocenters. The molecule has 3 atom stereocenters. The number of benzene rings is 1. The van der Waals surface area contributed by atoms with Gasteiger partial charge in [0.2, 0.25) is 0 Å². The van der Waals surface area contributed by atoms with Crippen LogP contribution in [0.3, 0.4) is 0 Å². The number of fused-ring (bicyclic) bond motifs is 5. The summed E-state index contributed by atoms with van der Waals surface area (Å²) in [6.45, 7) is 11.2. The third-order valence-electron chi connectivity index (χ3n) is 6.98. The fraction of sp³-hybridized carbons (Fsp3) is 0.440. The number of allylic oxidation sites excluding steroid dienone is 3. The average molecular weight is 404 g/mol. The molecule has 5 nitrogen and oxygen atoms in total.